The predicted molar refractivity (Wildman–Crippen MR) is 50.0 cm³/mol. The highest BCUT2D eigenvalue weighted by Gasteiger charge is 1.87. The number of carbonyl (C=O) groups excluding carboxylic acids is 2. The Hall–Kier alpha value is -1.71. The number of rotatable bonds is 2. The quantitative estimate of drug-likeness (QED) is 0.540. The minimum Gasteiger partial charge on any atom is -0.384 e. The van der Waals surface area contributed by atoms with Gasteiger partial charge in [0.15, 0.2) is 12.1 Å². The molecule has 1 heterocycles. The number of Topliss-reactive ketones (excluding diaryl/α,β-unsaturated/α-hetero) is 1. The van der Waals surface area contributed by atoms with Crippen molar-refractivity contribution in [2.45, 2.75) is 13.3 Å². The van der Waals surface area contributed by atoms with Crippen LogP contribution in [-0.4, -0.2) is 17.1 Å². The lowest BCUT2D eigenvalue weighted by molar-refractivity contribution is -0.129. The molecule has 0 saturated carbocycles. The van der Waals surface area contributed by atoms with Crippen molar-refractivity contribution in [2.75, 3.05) is 5.73 Å². The minimum absolute atomic E-state index is 0.323. The molecule has 0 unspecified atom stereocenters. The summed E-state index contributed by atoms with van der Waals surface area (Å²) in [6, 6.07) is 5.43. The van der Waals surface area contributed by atoms with E-state index in [0.717, 1.165) is 0 Å². The van der Waals surface area contributed by atoms with Gasteiger partial charge in [-0.05, 0) is 12.1 Å². The second-order valence-corrected chi connectivity index (χ2v) is 2.19. The van der Waals surface area contributed by atoms with Crippen molar-refractivity contribution < 1.29 is 9.59 Å². The molecule has 0 aliphatic carbocycles. The molecule has 2 N–H and O–H groups in total. The molecule has 0 aliphatic heterocycles. The predicted octanol–water partition coefficient (Wildman–Crippen LogP) is 0.828. The van der Waals surface area contributed by atoms with Gasteiger partial charge in [-0.15, -0.1) is 0 Å². The van der Waals surface area contributed by atoms with Crippen LogP contribution in [-0.2, 0) is 9.59 Å². The summed E-state index contributed by atoms with van der Waals surface area (Å²) in [6.45, 7) is 1.65. The van der Waals surface area contributed by atoms with Gasteiger partial charge in [0.2, 0.25) is 0 Å². The molecule has 4 nitrogen and oxygen atoms in total. The Labute approximate surface area is 76.8 Å². The maximum atomic E-state index is 9.81. The topological polar surface area (TPSA) is 73.0 Å². The molecule has 1 aromatic heterocycles. The van der Waals surface area contributed by atoms with Crippen LogP contribution in [0, 0.1) is 0 Å². The monoisotopic (exact) mass is 180 g/mol. The van der Waals surface area contributed by atoms with Crippen LogP contribution in [0.15, 0.2) is 24.4 Å². The highest BCUT2D eigenvalue weighted by atomic mass is 16.2. The number of hydrogen-bond donors (Lipinski definition) is 1. The number of aldehydes is 1. The van der Waals surface area contributed by atoms with Gasteiger partial charge in [0.05, 0.1) is 0 Å². The molecule has 70 valence electrons. The largest absolute Gasteiger partial charge is 0.384 e. The zero-order chi connectivity index (χ0) is 10.1. The number of carbonyl (C=O) groups is 2. The first-order valence-corrected chi connectivity index (χ1v) is 3.85. The Bertz CT molecular complexity index is 260. The van der Waals surface area contributed by atoms with E-state index in [1.165, 1.54) is 0 Å². The van der Waals surface area contributed by atoms with E-state index in [0.29, 0.717) is 18.5 Å². The fourth-order valence-electron chi connectivity index (χ4n) is 0.459. The third kappa shape index (κ3) is 6.68. The Balaban J connectivity index is 0.000000226. The van der Waals surface area contributed by atoms with Gasteiger partial charge in [0.1, 0.15) is 5.82 Å². The van der Waals surface area contributed by atoms with Crippen molar-refractivity contribution in [2.24, 2.45) is 0 Å². The van der Waals surface area contributed by atoms with E-state index in [1.807, 2.05) is 12.1 Å². The second-order valence-electron chi connectivity index (χ2n) is 2.19. The Morgan fingerprint density at radius 2 is 2.31 bits per heavy atom. The van der Waals surface area contributed by atoms with E-state index >= 15 is 0 Å². The first-order chi connectivity index (χ1) is 6.20. The average molecular weight is 180 g/mol. The van der Waals surface area contributed by atoms with Gasteiger partial charge in [0.25, 0.3) is 0 Å². The van der Waals surface area contributed by atoms with Crippen LogP contribution in [0.1, 0.15) is 13.3 Å². The standard InChI is InChI=1S/C5H6N2.C4H6O2/c6-5-3-1-2-4-7-5;1-2-4(6)3-5/h1-4H,(H2,6,7);3H,2H2,1H3. The van der Waals surface area contributed by atoms with Crippen molar-refractivity contribution in [3.05, 3.63) is 24.4 Å². The minimum atomic E-state index is -0.338. The van der Waals surface area contributed by atoms with Gasteiger partial charge in [-0.2, -0.15) is 0 Å². The third-order valence-electron chi connectivity index (χ3n) is 1.17. The van der Waals surface area contributed by atoms with Gasteiger partial charge in [-0.3, -0.25) is 9.59 Å². The highest BCUT2D eigenvalue weighted by Crippen LogP contribution is 1.89. The van der Waals surface area contributed by atoms with Gasteiger partial charge in [0, 0.05) is 12.6 Å². The first-order valence-electron chi connectivity index (χ1n) is 3.85. The Kier molecular flexibility index (Phi) is 6.05. The molecule has 0 aromatic carbocycles. The summed E-state index contributed by atoms with van der Waals surface area (Å²) in [5, 5.41) is 0. The summed E-state index contributed by atoms with van der Waals surface area (Å²) < 4.78 is 0. The van der Waals surface area contributed by atoms with Crippen LogP contribution in [0.5, 0.6) is 0 Å². The summed E-state index contributed by atoms with van der Waals surface area (Å²) in [5.41, 5.74) is 5.25. The molecule has 0 atom stereocenters. The molecular formula is C9H12N2O2. The van der Waals surface area contributed by atoms with E-state index in [2.05, 4.69) is 4.98 Å². The van der Waals surface area contributed by atoms with Crippen molar-refractivity contribution in [1.82, 2.24) is 4.98 Å². The molecule has 0 aliphatic rings. The maximum absolute atomic E-state index is 9.81. The van der Waals surface area contributed by atoms with Crippen LogP contribution in [0.2, 0.25) is 0 Å². The lowest BCUT2D eigenvalue weighted by Crippen LogP contribution is -1.92. The fraction of sp³-hybridized carbons (Fsp3) is 0.222. The molecule has 0 saturated heterocycles. The summed E-state index contributed by atoms with van der Waals surface area (Å²) in [5.74, 6) is 0.234. The van der Waals surface area contributed by atoms with Crippen molar-refractivity contribution in [3.63, 3.8) is 0 Å². The number of aromatic nitrogens is 1. The van der Waals surface area contributed by atoms with Crippen LogP contribution in [0.4, 0.5) is 5.82 Å². The molecule has 0 radical (unpaired) electrons. The van der Waals surface area contributed by atoms with Crippen LogP contribution < -0.4 is 5.73 Å². The van der Waals surface area contributed by atoms with E-state index < -0.39 is 0 Å². The molecule has 0 bridgehead atoms. The first kappa shape index (κ1) is 11.3. The Morgan fingerprint density at radius 1 is 1.62 bits per heavy atom. The number of ketones is 1. The van der Waals surface area contributed by atoms with E-state index in [9.17, 15) is 9.59 Å². The maximum Gasteiger partial charge on any atom is 0.194 e. The molecule has 1 aromatic rings. The summed E-state index contributed by atoms with van der Waals surface area (Å²) in [4.78, 5) is 23.0. The normalized spacial score (nSPS) is 8.08. The van der Waals surface area contributed by atoms with Crippen molar-refractivity contribution in [3.8, 4) is 0 Å². The van der Waals surface area contributed by atoms with E-state index in [4.69, 9.17) is 5.73 Å². The molecular weight excluding hydrogens is 168 g/mol. The molecule has 1 rings (SSSR count). The van der Waals surface area contributed by atoms with Crippen molar-refractivity contribution in [1.29, 1.82) is 0 Å². The fourth-order valence-corrected chi connectivity index (χ4v) is 0.459. The lowest BCUT2D eigenvalue weighted by atomic mass is 10.3. The van der Waals surface area contributed by atoms with Gasteiger partial charge in [-0.25, -0.2) is 4.98 Å². The zero-order valence-corrected chi connectivity index (χ0v) is 7.43. The number of nitrogen functional groups attached to an aromatic ring is 1. The summed E-state index contributed by atoms with van der Waals surface area (Å²) >= 11 is 0. The number of nitrogens with zero attached hydrogens (tertiary/aromatic N) is 1. The van der Waals surface area contributed by atoms with Gasteiger partial charge < -0.3 is 5.73 Å². The lowest BCUT2D eigenvalue weighted by Gasteiger charge is -1.82. The number of hydrogen-bond acceptors (Lipinski definition) is 4. The third-order valence-corrected chi connectivity index (χ3v) is 1.17. The summed E-state index contributed by atoms with van der Waals surface area (Å²) in [7, 11) is 0. The van der Waals surface area contributed by atoms with Crippen LogP contribution >= 0.6 is 0 Å². The Morgan fingerprint density at radius 3 is 2.46 bits per heavy atom. The molecule has 0 fully saturated rings. The number of pyridine rings is 1. The SMILES string of the molecule is CCC(=O)C=O.Nc1ccccn1. The second kappa shape index (κ2) is 6.97. The number of nitrogens with two attached hydrogens (primary N) is 1. The molecule has 0 spiro atoms. The van der Waals surface area contributed by atoms with E-state index in [1.54, 1.807) is 19.2 Å². The molecule has 0 amide bonds. The van der Waals surface area contributed by atoms with Crippen LogP contribution in [0.25, 0.3) is 0 Å². The van der Waals surface area contributed by atoms with Gasteiger partial charge in [-0.1, -0.05) is 13.0 Å². The van der Waals surface area contributed by atoms with Gasteiger partial charge >= 0.3 is 0 Å². The molecule has 4 heteroatoms. The summed E-state index contributed by atoms with van der Waals surface area (Å²) in [6.07, 6.45) is 2.32. The molecule has 13 heavy (non-hydrogen) atoms. The van der Waals surface area contributed by atoms with E-state index in [-0.39, 0.29) is 5.78 Å². The van der Waals surface area contributed by atoms with Crippen LogP contribution in [0.3, 0.4) is 0 Å². The number of anilines is 1. The zero-order valence-electron chi connectivity index (χ0n) is 7.43. The smallest absolute Gasteiger partial charge is 0.194 e. The van der Waals surface area contributed by atoms with Crippen molar-refractivity contribution >= 4 is 17.9 Å². The average Bonchev–Trinajstić information content (AvgIpc) is 2.19. The highest BCUT2D eigenvalue weighted by molar-refractivity contribution is 6.24.